The minimum atomic E-state index is -0.200. The third-order valence-electron chi connectivity index (χ3n) is 3.73. The van der Waals surface area contributed by atoms with E-state index in [-0.39, 0.29) is 12.1 Å². The van der Waals surface area contributed by atoms with Crippen molar-refractivity contribution in [3.05, 3.63) is 18.1 Å². The molecule has 2 atom stereocenters. The lowest BCUT2D eigenvalue weighted by Gasteiger charge is -2.32. The van der Waals surface area contributed by atoms with E-state index in [9.17, 15) is 0 Å². The van der Waals surface area contributed by atoms with Crippen molar-refractivity contribution in [1.29, 1.82) is 0 Å². The van der Waals surface area contributed by atoms with Gasteiger partial charge in [-0.1, -0.05) is 0 Å². The van der Waals surface area contributed by atoms with E-state index in [1.165, 1.54) is 0 Å². The molecule has 0 saturated carbocycles. The van der Waals surface area contributed by atoms with Crippen LogP contribution >= 0.6 is 0 Å². The Morgan fingerprint density at radius 1 is 1.32 bits per heavy atom. The second-order valence-corrected chi connectivity index (χ2v) is 5.14. The van der Waals surface area contributed by atoms with Crippen LogP contribution in [0.3, 0.4) is 0 Å². The number of likely N-dealkylation sites (N-methyl/N-ethyl adjacent to an activating group) is 2. The van der Waals surface area contributed by atoms with Crippen LogP contribution in [0.5, 0.6) is 5.88 Å². The first-order valence-electron chi connectivity index (χ1n) is 6.62. The van der Waals surface area contributed by atoms with Gasteiger partial charge in [-0.2, -0.15) is 0 Å². The van der Waals surface area contributed by atoms with Crippen molar-refractivity contribution in [2.75, 3.05) is 40.8 Å². The van der Waals surface area contributed by atoms with Crippen molar-refractivity contribution < 1.29 is 4.74 Å². The Morgan fingerprint density at radius 2 is 2.05 bits per heavy atom. The largest absolute Gasteiger partial charge is 0.480 e. The van der Waals surface area contributed by atoms with Crippen LogP contribution < -0.4 is 10.5 Å². The molecular weight excluding hydrogens is 242 g/mol. The van der Waals surface area contributed by atoms with E-state index in [0.717, 1.165) is 31.7 Å². The maximum atomic E-state index is 6.42. The zero-order valence-electron chi connectivity index (χ0n) is 11.9. The number of rotatable bonds is 3. The van der Waals surface area contributed by atoms with Gasteiger partial charge in [0.05, 0.1) is 13.2 Å². The van der Waals surface area contributed by atoms with Gasteiger partial charge in [-0.05, 0) is 33.6 Å². The third-order valence-corrected chi connectivity index (χ3v) is 3.73. The van der Waals surface area contributed by atoms with Crippen molar-refractivity contribution in [3.63, 3.8) is 0 Å². The molecule has 0 amide bonds. The molecule has 2 rings (SSSR count). The van der Waals surface area contributed by atoms with Crippen LogP contribution in [0.25, 0.3) is 0 Å². The Labute approximate surface area is 114 Å². The smallest absolute Gasteiger partial charge is 0.237 e. The average molecular weight is 265 g/mol. The summed E-state index contributed by atoms with van der Waals surface area (Å²) in [6, 6.07) is 0.0206. The molecule has 0 bridgehead atoms. The summed E-state index contributed by atoms with van der Waals surface area (Å²) in [7, 11) is 5.85. The van der Waals surface area contributed by atoms with E-state index >= 15 is 0 Å². The molecular formula is C13H23N5O. The van der Waals surface area contributed by atoms with Gasteiger partial charge in [-0.25, -0.2) is 4.98 Å². The van der Waals surface area contributed by atoms with Crippen LogP contribution in [0.1, 0.15) is 18.2 Å². The SMILES string of the molecule is COc1nccnc1C(N)C1CN(C)CCCN1C. The van der Waals surface area contributed by atoms with Crippen molar-refractivity contribution in [3.8, 4) is 5.88 Å². The third kappa shape index (κ3) is 3.20. The van der Waals surface area contributed by atoms with Crippen LogP contribution in [0.15, 0.2) is 12.4 Å². The lowest BCUT2D eigenvalue weighted by Crippen LogP contribution is -2.45. The second kappa shape index (κ2) is 6.27. The van der Waals surface area contributed by atoms with Crippen molar-refractivity contribution >= 4 is 0 Å². The van der Waals surface area contributed by atoms with E-state index in [4.69, 9.17) is 10.5 Å². The Kier molecular flexibility index (Phi) is 4.68. The summed E-state index contributed by atoms with van der Waals surface area (Å²) in [5.41, 5.74) is 7.15. The molecule has 0 spiro atoms. The summed E-state index contributed by atoms with van der Waals surface area (Å²) in [4.78, 5) is 13.2. The van der Waals surface area contributed by atoms with Gasteiger partial charge in [0.15, 0.2) is 0 Å². The lowest BCUT2D eigenvalue weighted by molar-refractivity contribution is 0.192. The maximum Gasteiger partial charge on any atom is 0.237 e. The number of aromatic nitrogens is 2. The minimum absolute atomic E-state index is 0.200. The highest BCUT2D eigenvalue weighted by atomic mass is 16.5. The van der Waals surface area contributed by atoms with Gasteiger partial charge in [0, 0.05) is 25.0 Å². The molecule has 6 heteroatoms. The topological polar surface area (TPSA) is 67.5 Å². The van der Waals surface area contributed by atoms with Gasteiger partial charge in [-0.15, -0.1) is 0 Å². The fourth-order valence-electron chi connectivity index (χ4n) is 2.60. The van der Waals surface area contributed by atoms with Gasteiger partial charge < -0.3 is 20.3 Å². The fourth-order valence-corrected chi connectivity index (χ4v) is 2.60. The first-order chi connectivity index (χ1) is 9.13. The summed E-state index contributed by atoms with van der Waals surface area (Å²) in [6.07, 6.45) is 4.45. The Bertz CT molecular complexity index is 414. The first-order valence-corrected chi connectivity index (χ1v) is 6.62. The predicted octanol–water partition coefficient (Wildman–Crippen LogP) is 0.121. The maximum absolute atomic E-state index is 6.42. The molecule has 1 aromatic heterocycles. The zero-order valence-corrected chi connectivity index (χ0v) is 11.9. The number of nitrogens with two attached hydrogens (primary N) is 1. The molecule has 19 heavy (non-hydrogen) atoms. The number of hydrogen-bond acceptors (Lipinski definition) is 6. The van der Waals surface area contributed by atoms with Crippen LogP contribution in [0, 0.1) is 0 Å². The van der Waals surface area contributed by atoms with E-state index in [1.807, 2.05) is 0 Å². The second-order valence-electron chi connectivity index (χ2n) is 5.14. The molecule has 1 fully saturated rings. The molecule has 1 aliphatic heterocycles. The Balaban J connectivity index is 2.23. The molecule has 2 unspecified atom stereocenters. The van der Waals surface area contributed by atoms with Crippen LogP contribution in [-0.4, -0.2) is 66.6 Å². The molecule has 106 valence electrons. The van der Waals surface area contributed by atoms with Gasteiger partial charge >= 0.3 is 0 Å². The highest BCUT2D eigenvalue weighted by Crippen LogP contribution is 2.24. The van der Waals surface area contributed by atoms with E-state index in [1.54, 1.807) is 19.5 Å². The Hall–Kier alpha value is -1.24. The molecule has 6 nitrogen and oxygen atoms in total. The van der Waals surface area contributed by atoms with Crippen molar-refractivity contribution in [1.82, 2.24) is 19.8 Å². The van der Waals surface area contributed by atoms with Crippen LogP contribution in [0.4, 0.5) is 0 Å². The summed E-state index contributed by atoms with van der Waals surface area (Å²) in [6.45, 7) is 3.08. The lowest BCUT2D eigenvalue weighted by atomic mass is 10.0. The minimum Gasteiger partial charge on any atom is -0.480 e. The van der Waals surface area contributed by atoms with Crippen LogP contribution in [0.2, 0.25) is 0 Å². The van der Waals surface area contributed by atoms with Crippen molar-refractivity contribution in [2.24, 2.45) is 5.73 Å². The van der Waals surface area contributed by atoms with E-state index in [2.05, 4.69) is 33.9 Å². The number of hydrogen-bond donors (Lipinski definition) is 1. The first kappa shape index (κ1) is 14.2. The molecule has 2 N–H and O–H groups in total. The zero-order chi connectivity index (χ0) is 13.8. The number of methoxy groups -OCH3 is 1. The van der Waals surface area contributed by atoms with Crippen LogP contribution in [-0.2, 0) is 0 Å². The quantitative estimate of drug-likeness (QED) is 0.837. The molecule has 1 aliphatic rings. The van der Waals surface area contributed by atoms with Crippen molar-refractivity contribution in [2.45, 2.75) is 18.5 Å². The summed E-state index contributed by atoms with van der Waals surface area (Å²) >= 11 is 0. The van der Waals surface area contributed by atoms with Gasteiger partial charge in [0.2, 0.25) is 5.88 Å². The van der Waals surface area contributed by atoms with E-state index < -0.39 is 0 Å². The monoisotopic (exact) mass is 265 g/mol. The standard InChI is InChI=1S/C13H23N5O/c1-17-7-4-8-18(2)10(9-17)11(14)12-13(19-3)16-6-5-15-12/h5-6,10-11H,4,7-9,14H2,1-3H3. The normalized spacial score (nSPS) is 23.9. The molecule has 1 aromatic rings. The van der Waals surface area contributed by atoms with Gasteiger partial charge in [0.25, 0.3) is 0 Å². The van der Waals surface area contributed by atoms with Gasteiger partial charge in [-0.3, -0.25) is 4.98 Å². The number of nitrogens with zero attached hydrogens (tertiary/aromatic N) is 4. The Morgan fingerprint density at radius 3 is 2.79 bits per heavy atom. The molecule has 0 aliphatic carbocycles. The average Bonchev–Trinajstić information content (AvgIpc) is 2.59. The molecule has 1 saturated heterocycles. The highest BCUT2D eigenvalue weighted by molar-refractivity contribution is 5.22. The fraction of sp³-hybridized carbons (Fsp3) is 0.692. The molecule has 2 heterocycles. The predicted molar refractivity (Wildman–Crippen MR) is 74.0 cm³/mol. The highest BCUT2D eigenvalue weighted by Gasteiger charge is 2.30. The summed E-state index contributed by atoms with van der Waals surface area (Å²) in [5.74, 6) is 0.523. The number of ether oxygens (including phenoxy) is 1. The molecule has 0 aromatic carbocycles. The van der Waals surface area contributed by atoms with E-state index in [0.29, 0.717) is 5.88 Å². The summed E-state index contributed by atoms with van der Waals surface area (Å²) < 4.78 is 5.26. The van der Waals surface area contributed by atoms with Gasteiger partial charge in [0.1, 0.15) is 5.69 Å². The summed E-state index contributed by atoms with van der Waals surface area (Å²) in [5, 5.41) is 0. The molecule has 0 radical (unpaired) electrons.